The van der Waals surface area contributed by atoms with Gasteiger partial charge in [-0.25, -0.2) is 4.98 Å². The molecular formula is C12H15BrN2S. The molecule has 1 unspecified atom stereocenters. The molecule has 2 rings (SSSR count). The predicted molar refractivity (Wildman–Crippen MR) is 75.2 cm³/mol. The number of rotatable bonds is 3. The number of anilines is 1. The van der Waals surface area contributed by atoms with Crippen molar-refractivity contribution in [2.45, 2.75) is 26.8 Å². The summed E-state index contributed by atoms with van der Waals surface area (Å²) in [7, 11) is 0. The number of nitrogens with one attached hydrogen (secondary N) is 1. The average Bonchev–Trinajstić information content (AvgIpc) is 2.58. The number of fused-ring (bicyclic) bond motifs is 1. The number of aromatic nitrogens is 1. The Labute approximate surface area is 108 Å². The molecule has 0 aliphatic heterocycles. The number of hydrogen-bond donors (Lipinski definition) is 1. The van der Waals surface area contributed by atoms with E-state index in [0.29, 0.717) is 12.0 Å². The van der Waals surface area contributed by atoms with Gasteiger partial charge in [-0.05, 0) is 31.0 Å². The van der Waals surface area contributed by atoms with Gasteiger partial charge in [-0.2, -0.15) is 0 Å². The normalized spacial score (nSPS) is 13.3. The van der Waals surface area contributed by atoms with E-state index in [-0.39, 0.29) is 0 Å². The maximum Gasteiger partial charge on any atom is 0.184 e. The highest BCUT2D eigenvalue weighted by Crippen LogP contribution is 2.29. The van der Waals surface area contributed by atoms with Crippen LogP contribution in [0.4, 0.5) is 5.13 Å². The summed E-state index contributed by atoms with van der Waals surface area (Å²) in [5, 5.41) is 4.45. The van der Waals surface area contributed by atoms with Gasteiger partial charge in [-0.3, -0.25) is 0 Å². The summed E-state index contributed by atoms with van der Waals surface area (Å²) in [4.78, 5) is 4.56. The average molecular weight is 299 g/mol. The number of hydrogen-bond acceptors (Lipinski definition) is 3. The largest absolute Gasteiger partial charge is 0.359 e. The lowest BCUT2D eigenvalue weighted by atomic mass is 10.1. The lowest BCUT2D eigenvalue weighted by Gasteiger charge is -2.16. The van der Waals surface area contributed by atoms with Crippen molar-refractivity contribution in [3.05, 3.63) is 22.7 Å². The molecule has 1 atom stereocenters. The van der Waals surface area contributed by atoms with Crippen molar-refractivity contribution in [1.29, 1.82) is 0 Å². The van der Waals surface area contributed by atoms with Gasteiger partial charge >= 0.3 is 0 Å². The molecule has 1 heterocycles. The molecule has 16 heavy (non-hydrogen) atoms. The van der Waals surface area contributed by atoms with Crippen LogP contribution in [0.15, 0.2) is 22.7 Å². The first-order valence-corrected chi connectivity index (χ1v) is 7.00. The predicted octanol–water partition coefficient (Wildman–Crippen LogP) is 4.52. The summed E-state index contributed by atoms with van der Waals surface area (Å²) in [6, 6.07) is 6.63. The SMILES string of the molecule is CC(C)C(C)Nc1nc2ccc(Br)cc2s1. The van der Waals surface area contributed by atoms with E-state index in [4.69, 9.17) is 0 Å². The summed E-state index contributed by atoms with van der Waals surface area (Å²) < 4.78 is 2.32. The first-order chi connectivity index (χ1) is 7.56. The number of thiazole rings is 1. The summed E-state index contributed by atoms with van der Waals surface area (Å²) in [5.41, 5.74) is 1.06. The maximum absolute atomic E-state index is 4.56. The molecular weight excluding hydrogens is 284 g/mol. The van der Waals surface area contributed by atoms with Gasteiger partial charge in [0.1, 0.15) is 0 Å². The second kappa shape index (κ2) is 4.72. The van der Waals surface area contributed by atoms with Crippen LogP contribution in [0.2, 0.25) is 0 Å². The Morgan fingerprint density at radius 3 is 2.75 bits per heavy atom. The summed E-state index contributed by atoms with van der Waals surface area (Å²) in [5.74, 6) is 0.610. The first kappa shape index (κ1) is 11.9. The van der Waals surface area contributed by atoms with Gasteiger partial charge in [0.25, 0.3) is 0 Å². The van der Waals surface area contributed by atoms with E-state index in [9.17, 15) is 0 Å². The highest BCUT2D eigenvalue weighted by Gasteiger charge is 2.10. The van der Waals surface area contributed by atoms with Crippen molar-refractivity contribution in [2.24, 2.45) is 5.92 Å². The molecule has 0 aliphatic carbocycles. The topological polar surface area (TPSA) is 24.9 Å². The minimum absolute atomic E-state index is 0.448. The maximum atomic E-state index is 4.56. The zero-order chi connectivity index (χ0) is 11.7. The Morgan fingerprint density at radius 2 is 2.06 bits per heavy atom. The van der Waals surface area contributed by atoms with Crippen LogP contribution in [0.3, 0.4) is 0 Å². The molecule has 1 N–H and O–H groups in total. The lowest BCUT2D eigenvalue weighted by Crippen LogP contribution is -2.21. The van der Waals surface area contributed by atoms with Crippen LogP contribution in [0.25, 0.3) is 10.2 Å². The van der Waals surface area contributed by atoms with Gasteiger partial charge in [-0.1, -0.05) is 41.1 Å². The molecule has 86 valence electrons. The van der Waals surface area contributed by atoms with E-state index in [2.05, 4.69) is 53.1 Å². The van der Waals surface area contributed by atoms with Crippen LogP contribution in [0.5, 0.6) is 0 Å². The molecule has 0 saturated heterocycles. The fourth-order valence-corrected chi connectivity index (χ4v) is 2.84. The minimum atomic E-state index is 0.448. The quantitative estimate of drug-likeness (QED) is 0.901. The van der Waals surface area contributed by atoms with E-state index in [0.717, 1.165) is 15.1 Å². The molecule has 1 aromatic heterocycles. The molecule has 0 fully saturated rings. The third-order valence-electron chi connectivity index (χ3n) is 2.70. The molecule has 2 aromatic rings. The number of nitrogens with zero attached hydrogens (tertiary/aromatic N) is 1. The van der Waals surface area contributed by atoms with Gasteiger partial charge in [0, 0.05) is 10.5 Å². The first-order valence-electron chi connectivity index (χ1n) is 5.39. The fraction of sp³-hybridized carbons (Fsp3) is 0.417. The van der Waals surface area contributed by atoms with Crippen molar-refractivity contribution < 1.29 is 0 Å². The fourth-order valence-electron chi connectivity index (χ4n) is 1.32. The van der Waals surface area contributed by atoms with Crippen molar-refractivity contribution in [2.75, 3.05) is 5.32 Å². The van der Waals surface area contributed by atoms with E-state index >= 15 is 0 Å². The van der Waals surface area contributed by atoms with E-state index < -0.39 is 0 Å². The molecule has 0 spiro atoms. The Bertz CT molecular complexity index is 493. The molecule has 1 aromatic carbocycles. The van der Waals surface area contributed by atoms with E-state index in [1.807, 2.05) is 12.1 Å². The molecule has 0 saturated carbocycles. The number of benzene rings is 1. The smallest absolute Gasteiger partial charge is 0.184 e. The van der Waals surface area contributed by atoms with Crippen molar-refractivity contribution >= 4 is 42.6 Å². The standard InChI is InChI=1S/C12H15BrN2S/c1-7(2)8(3)14-12-15-10-5-4-9(13)6-11(10)16-12/h4-8H,1-3H3,(H,14,15). The van der Waals surface area contributed by atoms with Crippen molar-refractivity contribution in [3.8, 4) is 0 Å². The van der Waals surface area contributed by atoms with Crippen LogP contribution in [0, 0.1) is 5.92 Å². The van der Waals surface area contributed by atoms with Crippen LogP contribution in [0.1, 0.15) is 20.8 Å². The van der Waals surface area contributed by atoms with Gasteiger partial charge < -0.3 is 5.32 Å². The van der Waals surface area contributed by atoms with E-state index in [1.54, 1.807) is 11.3 Å². The molecule has 2 nitrogen and oxygen atoms in total. The van der Waals surface area contributed by atoms with Gasteiger partial charge in [0.05, 0.1) is 10.2 Å². The van der Waals surface area contributed by atoms with Gasteiger partial charge in [0.2, 0.25) is 0 Å². The minimum Gasteiger partial charge on any atom is -0.359 e. The zero-order valence-electron chi connectivity index (χ0n) is 9.62. The highest BCUT2D eigenvalue weighted by molar-refractivity contribution is 9.10. The van der Waals surface area contributed by atoms with Crippen LogP contribution in [-0.2, 0) is 0 Å². The summed E-state index contributed by atoms with van der Waals surface area (Å²) in [6.07, 6.45) is 0. The zero-order valence-corrected chi connectivity index (χ0v) is 12.0. The Kier molecular flexibility index (Phi) is 3.50. The summed E-state index contributed by atoms with van der Waals surface area (Å²) >= 11 is 5.18. The number of halogens is 1. The molecule has 0 radical (unpaired) electrons. The third-order valence-corrected chi connectivity index (χ3v) is 4.14. The van der Waals surface area contributed by atoms with Crippen molar-refractivity contribution in [1.82, 2.24) is 4.98 Å². The Balaban J connectivity index is 2.26. The molecule has 0 bridgehead atoms. The monoisotopic (exact) mass is 298 g/mol. The van der Waals surface area contributed by atoms with Crippen LogP contribution < -0.4 is 5.32 Å². The van der Waals surface area contributed by atoms with Crippen molar-refractivity contribution in [3.63, 3.8) is 0 Å². The van der Waals surface area contributed by atoms with Crippen LogP contribution in [-0.4, -0.2) is 11.0 Å². The Morgan fingerprint density at radius 1 is 1.31 bits per heavy atom. The molecule has 4 heteroatoms. The molecule has 0 amide bonds. The second-order valence-electron chi connectivity index (χ2n) is 4.31. The molecule has 0 aliphatic rings. The van der Waals surface area contributed by atoms with Gasteiger partial charge in [-0.15, -0.1) is 0 Å². The highest BCUT2D eigenvalue weighted by atomic mass is 79.9. The van der Waals surface area contributed by atoms with Gasteiger partial charge in [0.15, 0.2) is 5.13 Å². The second-order valence-corrected chi connectivity index (χ2v) is 6.25. The Hall–Kier alpha value is -0.610. The summed E-state index contributed by atoms with van der Waals surface area (Å²) in [6.45, 7) is 6.61. The van der Waals surface area contributed by atoms with E-state index in [1.165, 1.54) is 4.70 Å². The third kappa shape index (κ3) is 2.55. The van der Waals surface area contributed by atoms with Crippen LogP contribution >= 0.6 is 27.3 Å². The lowest BCUT2D eigenvalue weighted by molar-refractivity contribution is 0.560.